The molecule has 1 atom stereocenters. The van der Waals surface area contributed by atoms with Gasteiger partial charge in [-0.25, -0.2) is 9.19 Å². The molecule has 0 aliphatic carbocycles. The molecule has 0 fully saturated rings. The van der Waals surface area contributed by atoms with Gasteiger partial charge in [0.1, 0.15) is 29.5 Å². The fourth-order valence-corrected chi connectivity index (χ4v) is 10.2. The van der Waals surface area contributed by atoms with Gasteiger partial charge in [0.05, 0.1) is 80.6 Å². The third-order valence-electron chi connectivity index (χ3n) is 14.8. The number of nitro groups is 2. The molecule has 106 heavy (non-hydrogen) atoms. The molecule has 2 aliphatic heterocycles. The summed E-state index contributed by atoms with van der Waals surface area (Å²) in [6.45, 7) is 17.2. The summed E-state index contributed by atoms with van der Waals surface area (Å²) in [5.41, 5.74) is 28.9. The zero-order valence-corrected chi connectivity index (χ0v) is 67.2. The fraction of sp³-hybridized carbons (Fsp3) is 0.378. The summed E-state index contributed by atoms with van der Waals surface area (Å²) in [5.74, 6) is 0.964. The standard InChI is InChI=1S/C20H18ClN3O.C11H8ClNO.C9H12N2O3.2C9H14N2O.C8H19N.C5H3ClN2O2.C3H9NO.Na.H2O3S/c1-25-11-10-24-19-5-3-2-4-17(19)23-20(24)15-12-18(22-13-15)14-6-8-16(21)9-7-14;12-10-3-1-9(2-4-10)11-5-8(7-14)6-13-11;1-14-6-2-3-8-4-5-10-7-9(8)11(12)13;2*1-12-6-2-3-8-4-5-11-7-9(8)10;1-6-9(7(2)3)8(4)5;6-4-1-2-7-3-5(4)8(9)10;1-5-3-2-4;;1-4(2)3/h2-9,13H,10-12H2,1H3;1-4,6-7H,5H2;4-5,7H,2-3,6H2,1H3;2*4-5,7H,2-3,6,10H2,1H3;7-8H,6H2,1-5H3;1-3H;2-4H2,1H3;;(H2,1,2,3)/q;;;;;;;;+1;/p-1. The van der Waals surface area contributed by atoms with E-state index in [0.29, 0.717) is 61.9 Å². The molecule has 5 aromatic heterocycles. The zero-order valence-electron chi connectivity index (χ0n) is 62.1. The second-order valence-corrected chi connectivity index (χ2v) is 24.6. The molecule has 0 saturated carbocycles. The van der Waals surface area contributed by atoms with Crippen molar-refractivity contribution in [2.24, 2.45) is 15.7 Å². The Bertz CT molecular complexity index is 3910. The molecule has 570 valence electrons. The van der Waals surface area contributed by atoms with Gasteiger partial charge in [0, 0.05) is 157 Å². The van der Waals surface area contributed by atoms with E-state index >= 15 is 0 Å². The van der Waals surface area contributed by atoms with E-state index in [-0.39, 0.29) is 46.0 Å². The fourth-order valence-electron chi connectivity index (χ4n) is 9.74. The second kappa shape index (κ2) is 57.5. The van der Waals surface area contributed by atoms with Crippen molar-refractivity contribution < 1.29 is 81.2 Å². The molecule has 0 radical (unpaired) electrons. The van der Waals surface area contributed by atoms with Crippen LogP contribution in [0.3, 0.4) is 0 Å². The minimum Gasteiger partial charge on any atom is -0.750 e. The number of nitrogens with zero attached hydrogens (tertiary/aromatic N) is 11. The summed E-state index contributed by atoms with van der Waals surface area (Å²) < 4.78 is 50.9. The Labute approximate surface area is 661 Å². The van der Waals surface area contributed by atoms with Gasteiger partial charge in [-0.2, -0.15) is 0 Å². The van der Waals surface area contributed by atoms with Gasteiger partial charge in [-0.05, 0) is 156 Å². The Kier molecular flexibility index (Phi) is 52.2. The Morgan fingerprint density at radius 1 is 0.613 bits per heavy atom. The number of para-hydroxylation sites is 2. The number of hydrogen-bond acceptors (Lipinski definition) is 23. The quantitative estimate of drug-likeness (QED) is 0.00977. The molecular formula is C74H98Cl3N14NaO13S. The smallest absolute Gasteiger partial charge is 0.750 e. The van der Waals surface area contributed by atoms with Gasteiger partial charge in [0.25, 0.3) is 5.69 Å². The van der Waals surface area contributed by atoms with Crippen molar-refractivity contribution in [3.63, 3.8) is 0 Å². The van der Waals surface area contributed by atoms with E-state index in [1.807, 2.05) is 85.1 Å². The van der Waals surface area contributed by atoms with Crippen molar-refractivity contribution in [3.05, 3.63) is 234 Å². The Hall–Kier alpha value is -7.72. The number of aryl methyl sites for hydroxylation is 3. The minimum atomic E-state index is -2.86. The number of carbonyl (C=O) groups is 1. The number of aliphatic imine (C=N–C) groups is 2. The van der Waals surface area contributed by atoms with Crippen LogP contribution in [0.25, 0.3) is 16.6 Å². The molecular weight excluding hydrogens is 1450 g/mol. The van der Waals surface area contributed by atoms with Crippen LogP contribution in [0.2, 0.25) is 15.1 Å². The predicted molar refractivity (Wildman–Crippen MR) is 419 cm³/mol. The van der Waals surface area contributed by atoms with Crippen molar-refractivity contribution >= 4 is 103 Å². The van der Waals surface area contributed by atoms with Gasteiger partial charge in [0.2, 0.25) is 0 Å². The number of fused-ring (bicyclic) bond motifs is 1. The maximum absolute atomic E-state index is 10.6. The molecule has 0 saturated heterocycles. The van der Waals surface area contributed by atoms with Gasteiger partial charge in [-0.15, -0.1) is 0 Å². The topological polar surface area (TPSA) is 385 Å². The zero-order chi connectivity index (χ0) is 77.9. The third-order valence-corrected chi connectivity index (χ3v) is 15.6. The summed E-state index contributed by atoms with van der Waals surface area (Å²) in [4.78, 5) is 61.4. The number of benzene rings is 3. The van der Waals surface area contributed by atoms with Crippen LogP contribution in [0.1, 0.15) is 100 Å². The summed E-state index contributed by atoms with van der Waals surface area (Å²) in [6, 6.07) is 31.8. The summed E-state index contributed by atoms with van der Waals surface area (Å²) in [7, 11) is 8.37. The number of methoxy groups -OCH3 is 5. The summed E-state index contributed by atoms with van der Waals surface area (Å²) in [6.07, 6.45) is 23.4. The van der Waals surface area contributed by atoms with Crippen LogP contribution >= 0.6 is 34.8 Å². The molecule has 7 heterocycles. The number of nitrogens with two attached hydrogens (primary N) is 3. The number of carbonyl (C=O) groups excluding carboxylic acids is 1. The molecule has 0 bridgehead atoms. The van der Waals surface area contributed by atoms with Crippen molar-refractivity contribution in [1.82, 2.24) is 34.4 Å². The number of anilines is 2. The molecule has 27 nitrogen and oxygen atoms in total. The molecule has 7 N–H and O–H groups in total. The first-order valence-corrected chi connectivity index (χ1v) is 35.4. The van der Waals surface area contributed by atoms with E-state index in [9.17, 15) is 25.0 Å². The average Bonchev–Trinajstić information content (AvgIpc) is 1.63. The van der Waals surface area contributed by atoms with Crippen LogP contribution < -0.4 is 46.8 Å². The molecule has 1 unspecified atom stereocenters. The first-order valence-electron chi connectivity index (χ1n) is 33.3. The van der Waals surface area contributed by atoms with Crippen molar-refractivity contribution in [2.75, 3.05) is 93.1 Å². The van der Waals surface area contributed by atoms with Gasteiger partial charge < -0.3 is 54.6 Å². The molecule has 3 aromatic carbocycles. The number of pyridine rings is 4. The molecule has 2 aliphatic rings. The van der Waals surface area contributed by atoms with Gasteiger partial charge in [-0.1, -0.05) is 78.1 Å². The van der Waals surface area contributed by atoms with E-state index in [0.717, 1.165) is 155 Å². The number of aldehydes is 1. The molecule has 8 aromatic rings. The molecule has 0 spiro atoms. The number of halogens is 3. The number of nitrogen functional groups attached to an aromatic ring is 2. The van der Waals surface area contributed by atoms with Crippen LogP contribution in [0.5, 0.6) is 0 Å². The Morgan fingerprint density at radius 2 is 1.04 bits per heavy atom. The van der Waals surface area contributed by atoms with Crippen LogP contribution in [0.4, 0.5) is 22.7 Å². The number of ether oxygens (including phenoxy) is 5. The van der Waals surface area contributed by atoms with E-state index < -0.39 is 21.2 Å². The molecule has 10 rings (SSSR count). The van der Waals surface area contributed by atoms with Crippen LogP contribution in [0, 0.1) is 20.2 Å². The van der Waals surface area contributed by atoms with E-state index in [1.54, 1.807) is 78.8 Å². The van der Waals surface area contributed by atoms with Crippen LogP contribution in [0.15, 0.2) is 175 Å². The van der Waals surface area contributed by atoms with Crippen molar-refractivity contribution in [1.29, 1.82) is 0 Å². The van der Waals surface area contributed by atoms with Gasteiger partial charge in [-0.3, -0.25) is 59.8 Å². The van der Waals surface area contributed by atoms with E-state index in [4.69, 9.17) is 89.2 Å². The maximum Gasteiger partial charge on any atom is 1.00 e. The average molecular weight is 1550 g/mol. The van der Waals surface area contributed by atoms with Gasteiger partial charge >= 0.3 is 35.2 Å². The monoisotopic (exact) mass is 1550 g/mol. The van der Waals surface area contributed by atoms with Crippen molar-refractivity contribution in [3.8, 4) is 0 Å². The minimum absolute atomic E-state index is 0. The normalized spacial score (nSPS) is 11.8. The molecule has 0 amide bonds. The second-order valence-electron chi connectivity index (χ2n) is 22.9. The van der Waals surface area contributed by atoms with Crippen molar-refractivity contribution in [2.45, 2.75) is 105 Å². The first-order chi connectivity index (χ1) is 50.4. The van der Waals surface area contributed by atoms with Crippen LogP contribution in [-0.2, 0) is 65.6 Å². The summed E-state index contributed by atoms with van der Waals surface area (Å²) in [5, 5.41) is 22.2. The van der Waals surface area contributed by atoms with Gasteiger partial charge in [0.15, 0.2) is 0 Å². The predicted octanol–water partition coefficient (Wildman–Crippen LogP) is 10.9. The van der Waals surface area contributed by atoms with E-state index in [2.05, 4.69) is 84.8 Å². The largest absolute Gasteiger partial charge is 1.00 e. The first kappa shape index (κ1) is 96.3. The van der Waals surface area contributed by atoms with E-state index in [1.165, 1.54) is 18.5 Å². The number of hydrogen-bond donors (Lipinski definition) is 4. The number of aromatic nitrogens is 6. The SMILES string of the molecule is CCN(C(C)C)C(C)C.COCCCc1ccncc1N.COCCCc1ccncc1N.COCCCc1ccncc1[N+](=O)[O-].COCCN.COCCn1c(C2=CN=C(c3ccc(Cl)cc3)C2)nc2ccccc21.O=CC1=CN=C(c2ccc(Cl)cc2)C1.O=S([O-])O.O=[N+]([O-])c1cnccc1Cl.[Na+]. The Morgan fingerprint density at radius 3 is 1.42 bits per heavy atom. The number of allylic oxidation sites excluding steroid dienone is 2. The number of rotatable bonds is 26. The number of imidazole rings is 1. The Balaban J connectivity index is 0.000000621. The maximum atomic E-state index is 10.6. The third kappa shape index (κ3) is 38.7. The summed E-state index contributed by atoms with van der Waals surface area (Å²) >= 11 is 14.3. The molecule has 32 heteroatoms. The van der Waals surface area contributed by atoms with Crippen LogP contribution in [-0.4, -0.2) is 169 Å².